The molecule has 0 amide bonds. The lowest BCUT2D eigenvalue weighted by Gasteiger charge is -2.11. The van der Waals surface area contributed by atoms with Crippen LogP contribution < -0.4 is 0 Å². The smallest absolute Gasteiger partial charge is 0.136 e. The Hall–Kier alpha value is -1.88. The second-order valence-electron chi connectivity index (χ2n) is 4.90. The van der Waals surface area contributed by atoms with Crippen LogP contribution in [0.1, 0.15) is 11.1 Å². The number of hydrogen-bond donors (Lipinski definition) is 0. The minimum absolute atomic E-state index is 0.267. The topological polar surface area (TPSA) is 25.8 Å². The summed E-state index contributed by atoms with van der Waals surface area (Å²) < 4.78 is 28.0. The average Bonchev–Trinajstić information content (AvgIpc) is 2.42. The van der Waals surface area contributed by atoms with Gasteiger partial charge in [-0.1, -0.05) is 0 Å². The van der Waals surface area contributed by atoms with Crippen LogP contribution in [0.4, 0.5) is 8.78 Å². The van der Waals surface area contributed by atoms with Gasteiger partial charge in [-0.25, -0.2) is 13.8 Å². The predicted octanol–water partition coefficient (Wildman–Crippen LogP) is 4.95. The third kappa shape index (κ3) is 2.42. The average molecular weight is 349 g/mol. The van der Waals surface area contributed by atoms with Crippen molar-refractivity contribution in [3.63, 3.8) is 0 Å². The van der Waals surface area contributed by atoms with Gasteiger partial charge in [0.15, 0.2) is 0 Å². The van der Waals surface area contributed by atoms with Gasteiger partial charge in [-0.2, -0.15) is 0 Å². The first kappa shape index (κ1) is 14.1. The summed E-state index contributed by atoms with van der Waals surface area (Å²) in [4.78, 5) is 8.69. The molecule has 0 saturated heterocycles. The maximum absolute atomic E-state index is 14.0. The summed E-state index contributed by atoms with van der Waals surface area (Å²) in [6.45, 7) is 3.79. The van der Waals surface area contributed by atoms with E-state index < -0.39 is 11.6 Å². The molecule has 0 saturated carbocycles. The van der Waals surface area contributed by atoms with Crippen molar-refractivity contribution in [3.05, 3.63) is 57.7 Å². The number of nitrogens with zero attached hydrogens (tertiary/aromatic N) is 2. The highest BCUT2D eigenvalue weighted by atomic mass is 79.9. The summed E-state index contributed by atoms with van der Waals surface area (Å²) in [5, 5.41) is 0.283. The molecule has 21 heavy (non-hydrogen) atoms. The monoisotopic (exact) mass is 348 g/mol. The van der Waals surface area contributed by atoms with Crippen LogP contribution in [-0.2, 0) is 0 Å². The van der Waals surface area contributed by atoms with Gasteiger partial charge in [0.25, 0.3) is 0 Å². The summed E-state index contributed by atoms with van der Waals surface area (Å²) >= 11 is 3.39. The molecule has 2 aromatic heterocycles. The third-order valence-electron chi connectivity index (χ3n) is 3.33. The Bertz CT molecular complexity index is 863. The Morgan fingerprint density at radius 2 is 1.86 bits per heavy atom. The van der Waals surface area contributed by atoms with Crippen molar-refractivity contribution in [1.29, 1.82) is 0 Å². The predicted molar refractivity (Wildman–Crippen MR) is 82.1 cm³/mol. The molecule has 0 aliphatic heterocycles. The van der Waals surface area contributed by atoms with Crippen LogP contribution in [0.15, 0.2) is 34.9 Å². The van der Waals surface area contributed by atoms with Crippen molar-refractivity contribution in [3.8, 4) is 11.4 Å². The highest BCUT2D eigenvalue weighted by molar-refractivity contribution is 9.10. The Morgan fingerprint density at radius 1 is 1.10 bits per heavy atom. The molecule has 106 valence electrons. The zero-order valence-corrected chi connectivity index (χ0v) is 13.0. The molecule has 0 aliphatic rings. The molecule has 3 aromatic rings. The van der Waals surface area contributed by atoms with E-state index in [9.17, 15) is 8.78 Å². The van der Waals surface area contributed by atoms with Crippen molar-refractivity contribution in [2.45, 2.75) is 13.8 Å². The van der Waals surface area contributed by atoms with Crippen LogP contribution in [0.2, 0.25) is 0 Å². The van der Waals surface area contributed by atoms with Crippen molar-refractivity contribution < 1.29 is 8.78 Å². The molecule has 0 atom stereocenters. The highest BCUT2D eigenvalue weighted by Gasteiger charge is 2.16. The number of halogens is 3. The SMILES string of the molecule is Cc1ccnc(-c2nc3cc(F)cc(F)c3c(Br)c2C)c1. The summed E-state index contributed by atoms with van der Waals surface area (Å²) in [6.07, 6.45) is 1.69. The fourth-order valence-electron chi connectivity index (χ4n) is 2.28. The van der Waals surface area contributed by atoms with E-state index in [4.69, 9.17) is 0 Å². The Morgan fingerprint density at radius 3 is 2.57 bits per heavy atom. The van der Waals surface area contributed by atoms with Gasteiger partial charge in [0.05, 0.1) is 22.3 Å². The van der Waals surface area contributed by atoms with Crippen LogP contribution in [0.3, 0.4) is 0 Å². The van der Waals surface area contributed by atoms with Crippen molar-refractivity contribution in [1.82, 2.24) is 9.97 Å². The molecule has 0 N–H and O–H groups in total. The lowest BCUT2D eigenvalue weighted by molar-refractivity contribution is 0.591. The minimum atomic E-state index is -0.647. The first-order chi connectivity index (χ1) is 9.97. The van der Waals surface area contributed by atoms with Crippen molar-refractivity contribution in [2.75, 3.05) is 0 Å². The van der Waals surface area contributed by atoms with E-state index >= 15 is 0 Å². The zero-order valence-electron chi connectivity index (χ0n) is 11.4. The first-order valence-corrected chi connectivity index (χ1v) is 7.14. The Balaban J connectivity index is 2.37. The van der Waals surface area contributed by atoms with E-state index in [2.05, 4.69) is 25.9 Å². The molecule has 0 aliphatic carbocycles. The van der Waals surface area contributed by atoms with Gasteiger partial charge in [0.2, 0.25) is 0 Å². The minimum Gasteiger partial charge on any atom is -0.255 e. The second kappa shape index (κ2) is 5.15. The van der Waals surface area contributed by atoms with Crippen LogP contribution in [0.5, 0.6) is 0 Å². The van der Waals surface area contributed by atoms with Gasteiger partial charge in [-0.05, 0) is 53.0 Å². The van der Waals surface area contributed by atoms with E-state index in [-0.39, 0.29) is 10.9 Å². The molecule has 0 radical (unpaired) electrons. The van der Waals surface area contributed by atoms with E-state index in [0.29, 0.717) is 15.9 Å². The maximum Gasteiger partial charge on any atom is 0.136 e. The number of pyridine rings is 2. The standard InChI is InChI=1S/C16H11BrF2N2/c1-8-3-4-20-13(5-8)16-9(2)15(17)14-11(19)6-10(18)7-12(14)21-16/h3-7H,1-2H3. The summed E-state index contributed by atoms with van der Waals surface area (Å²) in [7, 11) is 0. The highest BCUT2D eigenvalue weighted by Crippen LogP contribution is 2.34. The van der Waals surface area contributed by atoms with Crippen LogP contribution in [0.25, 0.3) is 22.3 Å². The molecule has 0 bridgehead atoms. The fourth-order valence-corrected chi connectivity index (χ4v) is 2.86. The summed E-state index contributed by atoms with van der Waals surface area (Å²) in [6, 6.07) is 5.86. The molecular formula is C16H11BrF2N2. The van der Waals surface area contributed by atoms with E-state index in [0.717, 1.165) is 17.2 Å². The lowest BCUT2D eigenvalue weighted by atomic mass is 10.1. The van der Waals surface area contributed by atoms with Gasteiger partial charge in [0.1, 0.15) is 11.6 Å². The molecule has 3 rings (SSSR count). The number of hydrogen-bond acceptors (Lipinski definition) is 2. The molecule has 0 fully saturated rings. The van der Waals surface area contributed by atoms with Crippen LogP contribution in [0, 0.1) is 25.5 Å². The number of aromatic nitrogens is 2. The molecule has 2 heterocycles. The van der Waals surface area contributed by atoms with Crippen molar-refractivity contribution in [2.24, 2.45) is 0 Å². The van der Waals surface area contributed by atoms with E-state index in [1.54, 1.807) is 6.20 Å². The van der Waals surface area contributed by atoms with Crippen molar-refractivity contribution >= 4 is 26.8 Å². The van der Waals surface area contributed by atoms with Gasteiger partial charge >= 0.3 is 0 Å². The molecule has 0 unspecified atom stereocenters. The number of rotatable bonds is 1. The van der Waals surface area contributed by atoms with Gasteiger partial charge in [-0.3, -0.25) is 4.98 Å². The van der Waals surface area contributed by atoms with E-state index in [1.165, 1.54) is 6.07 Å². The molecular weight excluding hydrogens is 338 g/mol. The van der Waals surface area contributed by atoms with Gasteiger partial charge < -0.3 is 0 Å². The van der Waals surface area contributed by atoms with Gasteiger partial charge in [0, 0.05) is 22.8 Å². The molecule has 2 nitrogen and oxygen atoms in total. The number of fused-ring (bicyclic) bond motifs is 1. The number of benzene rings is 1. The zero-order chi connectivity index (χ0) is 15.1. The second-order valence-corrected chi connectivity index (χ2v) is 5.69. The Kier molecular flexibility index (Phi) is 3.45. The van der Waals surface area contributed by atoms with Crippen LogP contribution >= 0.6 is 15.9 Å². The molecule has 1 aromatic carbocycles. The fraction of sp³-hybridized carbons (Fsp3) is 0.125. The van der Waals surface area contributed by atoms with Crippen LogP contribution in [-0.4, -0.2) is 9.97 Å². The maximum atomic E-state index is 14.0. The Labute approximate surface area is 129 Å². The summed E-state index contributed by atoms with van der Waals surface area (Å²) in [5.41, 5.74) is 3.38. The van der Waals surface area contributed by atoms with E-state index in [1.807, 2.05) is 26.0 Å². The normalized spacial score (nSPS) is 11.1. The number of aryl methyl sites for hydroxylation is 1. The molecule has 5 heteroatoms. The molecule has 0 spiro atoms. The van der Waals surface area contributed by atoms with Gasteiger partial charge in [-0.15, -0.1) is 0 Å². The first-order valence-electron chi connectivity index (χ1n) is 6.35. The third-order valence-corrected chi connectivity index (χ3v) is 4.32. The largest absolute Gasteiger partial charge is 0.255 e. The lowest BCUT2D eigenvalue weighted by Crippen LogP contribution is -1.97. The quantitative estimate of drug-likeness (QED) is 0.621. The summed E-state index contributed by atoms with van der Waals surface area (Å²) in [5.74, 6) is -1.28.